The monoisotopic (exact) mass is 224 g/mol. The van der Waals surface area contributed by atoms with Crippen LogP contribution in [-0.2, 0) is 19.1 Å². The maximum Gasteiger partial charge on any atom is 0.331 e. The zero-order chi connectivity index (χ0) is 11.5. The fourth-order valence-corrected chi connectivity index (χ4v) is 1.56. The topological polar surface area (TPSA) is 77.0 Å². The third kappa shape index (κ3) is 2.05. The number of ether oxygens (including phenoxy) is 2. The molecule has 2 aliphatic rings. The van der Waals surface area contributed by atoms with Gasteiger partial charge in [-0.25, -0.2) is 9.59 Å². The number of carbonyl (C=O) groups excluding carboxylic acids is 2. The van der Waals surface area contributed by atoms with Gasteiger partial charge in [-0.2, -0.15) is 5.10 Å². The van der Waals surface area contributed by atoms with Gasteiger partial charge in [0.2, 0.25) is 0 Å². The number of cyclic esters (lactones) is 1. The van der Waals surface area contributed by atoms with E-state index in [1.165, 1.54) is 6.08 Å². The summed E-state index contributed by atoms with van der Waals surface area (Å²) < 4.78 is 9.63. The highest BCUT2D eigenvalue weighted by Gasteiger charge is 2.30. The van der Waals surface area contributed by atoms with Crippen LogP contribution in [0.1, 0.15) is 13.3 Å². The molecule has 0 bridgehead atoms. The first-order valence-corrected chi connectivity index (χ1v) is 5.07. The lowest BCUT2D eigenvalue weighted by atomic mass is 10.1. The Hall–Kier alpha value is -1.85. The second kappa shape index (κ2) is 4.34. The van der Waals surface area contributed by atoms with Crippen LogP contribution in [0.4, 0.5) is 0 Å². The minimum Gasteiger partial charge on any atom is -0.464 e. The van der Waals surface area contributed by atoms with Crippen LogP contribution in [0.5, 0.6) is 0 Å². The van der Waals surface area contributed by atoms with E-state index in [1.807, 2.05) is 0 Å². The van der Waals surface area contributed by atoms with Gasteiger partial charge in [0.25, 0.3) is 0 Å². The summed E-state index contributed by atoms with van der Waals surface area (Å²) in [5.74, 6) is -0.690. The lowest BCUT2D eigenvalue weighted by molar-refractivity contribution is -0.145. The zero-order valence-corrected chi connectivity index (χ0v) is 8.86. The van der Waals surface area contributed by atoms with E-state index < -0.39 is 6.04 Å². The molecule has 0 aliphatic carbocycles. The highest BCUT2D eigenvalue weighted by atomic mass is 16.5. The minimum absolute atomic E-state index is 0.231. The maximum atomic E-state index is 11.4. The molecule has 0 amide bonds. The second-order valence-electron chi connectivity index (χ2n) is 3.47. The molecule has 0 radical (unpaired) electrons. The van der Waals surface area contributed by atoms with E-state index in [4.69, 9.17) is 9.47 Å². The number of hydrogen-bond acceptors (Lipinski definition) is 6. The van der Waals surface area contributed by atoms with Gasteiger partial charge in [0.1, 0.15) is 12.6 Å². The van der Waals surface area contributed by atoms with Crippen LogP contribution in [0.2, 0.25) is 0 Å². The van der Waals surface area contributed by atoms with Crippen molar-refractivity contribution in [2.24, 2.45) is 5.10 Å². The van der Waals surface area contributed by atoms with Crippen molar-refractivity contribution in [3.63, 3.8) is 0 Å². The first-order valence-electron chi connectivity index (χ1n) is 5.07. The van der Waals surface area contributed by atoms with Gasteiger partial charge >= 0.3 is 11.9 Å². The Kier molecular flexibility index (Phi) is 2.89. The van der Waals surface area contributed by atoms with E-state index in [2.05, 4.69) is 10.5 Å². The van der Waals surface area contributed by atoms with Crippen molar-refractivity contribution < 1.29 is 19.1 Å². The van der Waals surface area contributed by atoms with Gasteiger partial charge in [0.05, 0.1) is 12.3 Å². The van der Waals surface area contributed by atoms with Crippen molar-refractivity contribution >= 4 is 17.7 Å². The summed E-state index contributed by atoms with van der Waals surface area (Å²) in [5.41, 5.74) is 4.10. The standard InChI is InChI=1S/C10H12N2O4/c1-2-15-10(14)8-4-7(11-12-8)6-3-9(13)16-5-6/h3,8,12H,2,4-5H2,1H3. The molecule has 1 N–H and O–H groups in total. The van der Waals surface area contributed by atoms with E-state index in [9.17, 15) is 9.59 Å². The second-order valence-corrected chi connectivity index (χ2v) is 3.47. The van der Waals surface area contributed by atoms with Crippen molar-refractivity contribution in [3.8, 4) is 0 Å². The molecule has 2 heterocycles. The molecule has 86 valence electrons. The highest BCUT2D eigenvalue weighted by molar-refractivity contribution is 6.08. The Balaban J connectivity index is 1.95. The van der Waals surface area contributed by atoms with Gasteiger partial charge in [-0.05, 0) is 6.92 Å². The van der Waals surface area contributed by atoms with Crippen LogP contribution in [-0.4, -0.2) is 36.9 Å². The number of rotatable bonds is 3. The molecule has 16 heavy (non-hydrogen) atoms. The summed E-state index contributed by atoms with van der Waals surface area (Å²) in [6.07, 6.45) is 1.83. The molecule has 1 unspecified atom stereocenters. The highest BCUT2D eigenvalue weighted by Crippen LogP contribution is 2.16. The van der Waals surface area contributed by atoms with E-state index in [-0.39, 0.29) is 18.5 Å². The fraction of sp³-hybridized carbons (Fsp3) is 0.500. The maximum absolute atomic E-state index is 11.4. The molecule has 0 aromatic heterocycles. The van der Waals surface area contributed by atoms with Crippen LogP contribution in [0, 0.1) is 0 Å². The van der Waals surface area contributed by atoms with Crippen LogP contribution < -0.4 is 5.43 Å². The van der Waals surface area contributed by atoms with Crippen molar-refractivity contribution in [1.82, 2.24) is 5.43 Å². The number of carbonyl (C=O) groups is 2. The summed E-state index contributed by atoms with van der Waals surface area (Å²) >= 11 is 0. The lowest BCUT2D eigenvalue weighted by Gasteiger charge is -2.07. The Morgan fingerprint density at radius 3 is 3.19 bits per heavy atom. The Morgan fingerprint density at radius 2 is 2.56 bits per heavy atom. The number of hydrazone groups is 1. The van der Waals surface area contributed by atoms with Gasteiger partial charge < -0.3 is 9.47 Å². The van der Waals surface area contributed by atoms with Gasteiger partial charge in [-0.1, -0.05) is 0 Å². The average molecular weight is 224 g/mol. The van der Waals surface area contributed by atoms with E-state index >= 15 is 0 Å². The van der Waals surface area contributed by atoms with Crippen molar-refractivity contribution in [3.05, 3.63) is 11.6 Å². The fourth-order valence-electron chi connectivity index (χ4n) is 1.56. The summed E-state index contributed by atoms with van der Waals surface area (Å²) in [6.45, 7) is 2.33. The third-order valence-electron chi connectivity index (χ3n) is 2.36. The van der Waals surface area contributed by atoms with E-state index in [1.54, 1.807) is 6.92 Å². The number of esters is 2. The summed E-state index contributed by atoms with van der Waals surface area (Å²) in [6, 6.07) is -0.452. The smallest absolute Gasteiger partial charge is 0.331 e. The van der Waals surface area contributed by atoms with Gasteiger partial charge in [-0.15, -0.1) is 0 Å². The minimum atomic E-state index is -0.452. The van der Waals surface area contributed by atoms with Gasteiger partial charge in [0.15, 0.2) is 0 Å². The molecule has 6 heteroatoms. The third-order valence-corrected chi connectivity index (χ3v) is 2.36. The normalized spacial score (nSPS) is 23.3. The van der Waals surface area contributed by atoms with Gasteiger partial charge in [-0.3, -0.25) is 5.43 Å². The van der Waals surface area contributed by atoms with E-state index in [0.29, 0.717) is 18.7 Å². The molecular formula is C10H12N2O4. The molecule has 1 atom stereocenters. The van der Waals surface area contributed by atoms with Crippen LogP contribution >= 0.6 is 0 Å². The molecule has 0 spiro atoms. The molecule has 0 aromatic carbocycles. The molecule has 0 saturated carbocycles. The Labute approximate surface area is 92.3 Å². The molecule has 2 aliphatic heterocycles. The predicted octanol–water partition coefficient (Wildman–Crippen LogP) is -0.249. The SMILES string of the molecule is CCOC(=O)C1CC(C2=CC(=O)OC2)=NN1. The number of nitrogens with one attached hydrogen (secondary N) is 1. The predicted molar refractivity (Wildman–Crippen MR) is 54.7 cm³/mol. The zero-order valence-electron chi connectivity index (χ0n) is 8.86. The van der Waals surface area contributed by atoms with Gasteiger partial charge in [0, 0.05) is 18.1 Å². The number of hydrogen-bond donors (Lipinski definition) is 1. The molecule has 6 nitrogen and oxygen atoms in total. The Morgan fingerprint density at radius 1 is 1.75 bits per heavy atom. The molecule has 0 fully saturated rings. The summed E-state index contributed by atoms with van der Waals surface area (Å²) in [4.78, 5) is 22.3. The van der Waals surface area contributed by atoms with E-state index in [0.717, 1.165) is 5.57 Å². The number of nitrogens with zero attached hydrogens (tertiary/aromatic N) is 1. The van der Waals surface area contributed by atoms with Crippen molar-refractivity contribution in [1.29, 1.82) is 0 Å². The molecule has 2 rings (SSSR count). The first kappa shape index (κ1) is 10.7. The van der Waals surface area contributed by atoms with Crippen LogP contribution in [0.3, 0.4) is 0 Å². The summed E-state index contributed by atoms with van der Waals surface area (Å²) in [7, 11) is 0. The first-order chi connectivity index (χ1) is 7.70. The van der Waals surface area contributed by atoms with Crippen molar-refractivity contribution in [2.45, 2.75) is 19.4 Å². The molecule has 0 saturated heterocycles. The Bertz CT molecular complexity index is 386. The lowest BCUT2D eigenvalue weighted by Crippen LogP contribution is -2.31. The summed E-state index contributed by atoms with van der Waals surface area (Å²) in [5, 5.41) is 4.00. The average Bonchev–Trinajstić information content (AvgIpc) is 2.85. The molecule has 0 aromatic rings. The largest absolute Gasteiger partial charge is 0.464 e. The quantitative estimate of drug-likeness (QED) is 0.669. The molecular weight excluding hydrogens is 212 g/mol. The van der Waals surface area contributed by atoms with Crippen molar-refractivity contribution in [2.75, 3.05) is 13.2 Å². The van der Waals surface area contributed by atoms with Crippen LogP contribution in [0.25, 0.3) is 0 Å². The van der Waals surface area contributed by atoms with Crippen LogP contribution in [0.15, 0.2) is 16.8 Å².